The van der Waals surface area contributed by atoms with Gasteiger partial charge in [-0.3, -0.25) is 9.78 Å². The Balaban J connectivity index is 1.34. The molecule has 0 bridgehead atoms. The first kappa shape index (κ1) is 16.2. The van der Waals surface area contributed by atoms with Crippen LogP contribution in [0.5, 0.6) is 0 Å². The van der Waals surface area contributed by atoms with E-state index in [1.807, 2.05) is 23.1 Å². The molecule has 3 heterocycles. The number of amides is 1. The minimum Gasteiger partial charge on any atom is -0.445 e. The molecule has 136 valence electrons. The number of hydrogen-bond donors (Lipinski definition) is 0. The highest BCUT2D eigenvalue weighted by molar-refractivity contribution is 6.00. The molecular weight excluding hydrogens is 338 g/mol. The first-order valence-corrected chi connectivity index (χ1v) is 9.58. The first-order valence-electron chi connectivity index (χ1n) is 9.58. The summed E-state index contributed by atoms with van der Waals surface area (Å²) in [6.07, 6.45) is 8.69. The number of aryl methyl sites for hydroxylation is 2. The Hall–Kier alpha value is -2.95. The minimum atomic E-state index is 0.0800. The normalized spacial score (nSPS) is 15.7. The van der Waals surface area contributed by atoms with Gasteiger partial charge in [0, 0.05) is 42.0 Å². The molecular formula is C22H21N3O2. The second-order valence-electron chi connectivity index (χ2n) is 7.26. The molecule has 5 rings (SSSR count). The number of benzene rings is 1. The molecule has 1 amide bonds. The van der Waals surface area contributed by atoms with Gasteiger partial charge in [-0.2, -0.15) is 0 Å². The lowest BCUT2D eigenvalue weighted by atomic mass is 9.95. The third-order valence-corrected chi connectivity index (χ3v) is 5.58. The Morgan fingerprint density at radius 2 is 1.96 bits per heavy atom. The van der Waals surface area contributed by atoms with Crippen LogP contribution in [-0.2, 0) is 25.8 Å². The Morgan fingerprint density at radius 1 is 1.07 bits per heavy atom. The van der Waals surface area contributed by atoms with Crippen LogP contribution in [0.15, 0.2) is 47.2 Å². The lowest BCUT2D eigenvalue weighted by Gasteiger charge is -2.18. The van der Waals surface area contributed by atoms with Crippen LogP contribution in [0, 0.1) is 0 Å². The zero-order valence-corrected chi connectivity index (χ0v) is 15.1. The molecule has 0 spiro atoms. The number of hydrogen-bond acceptors (Lipinski definition) is 4. The maximum absolute atomic E-state index is 12.8. The van der Waals surface area contributed by atoms with Crippen molar-refractivity contribution in [2.75, 3.05) is 6.54 Å². The predicted molar refractivity (Wildman–Crippen MR) is 101 cm³/mol. The molecule has 0 saturated carbocycles. The molecule has 27 heavy (non-hydrogen) atoms. The number of pyridine rings is 1. The van der Waals surface area contributed by atoms with Gasteiger partial charge in [-0.05, 0) is 55.0 Å². The quantitative estimate of drug-likeness (QED) is 0.711. The largest absolute Gasteiger partial charge is 0.445 e. The number of oxazole rings is 1. The summed E-state index contributed by atoms with van der Waals surface area (Å²) < 4.78 is 5.45. The SMILES string of the molecule is O=C1c2cccc(-c3ncco3)c2CN1CCc1ccc2c(n1)CCCC2. The van der Waals surface area contributed by atoms with E-state index in [9.17, 15) is 4.79 Å². The fourth-order valence-corrected chi connectivity index (χ4v) is 4.14. The van der Waals surface area contributed by atoms with Gasteiger partial charge < -0.3 is 9.32 Å². The molecule has 1 aliphatic heterocycles. The van der Waals surface area contributed by atoms with E-state index in [0.29, 0.717) is 19.0 Å². The minimum absolute atomic E-state index is 0.0800. The third-order valence-electron chi connectivity index (χ3n) is 5.58. The monoisotopic (exact) mass is 359 g/mol. The van der Waals surface area contributed by atoms with E-state index in [4.69, 9.17) is 9.40 Å². The highest BCUT2D eigenvalue weighted by Crippen LogP contribution is 2.32. The van der Waals surface area contributed by atoms with Crippen LogP contribution in [0.2, 0.25) is 0 Å². The summed E-state index contributed by atoms with van der Waals surface area (Å²) >= 11 is 0. The van der Waals surface area contributed by atoms with E-state index in [0.717, 1.165) is 41.6 Å². The van der Waals surface area contributed by atoms with Crippen molar-refractivity contribution in [2.45, 2.75) is 38.6 Å². The molecule has 0 N–H and O–H groups in total. The van der Waals surface area contributed by atoms with Gasteiger partial charge in [0.1, 0.15) is 6.26 Å². The number of carbonyl (C=O) groups excluding carboxylic acids is 1. The zero-order chi connectivity index (χ0) is 18.2. The third kappa shape index (κ3) is 2.93. The summed E-state index contributed by atoms with van der Waals surface area (Å²) in [6.45, 7) is 1.27. The van der Waals surface area contributed by atoms with Crippen LogP contribution in [0.1, 0.15) is 45.7 Å². The van der Waals surface area contributed by atoms with Crippen LogP contribution in [-0.4, -0.2) is 27.3 Å². The number of carbonyl (C=O) groups is 1. The maximum Gasteiger partial charge on any atom is 0.254 e. The molecule has 0 saturated heterocycles. The lowest BCUT2D eigenvalue weighted by molar-refractivity contribution is 0.0780. The van der Waals surface area contributed by atoms with Gasteiger partial charge in [-0.1, -0.05) is 12.1 Å². The topological polar surface area (TPSA) is 59.2 Å². The number of aromatic nitrogens is 2. The molecule has 0 fully saturated rings. The summed E-state index contributed by atoms with van der Waals surface area (Å²) in [5, 5.41) is 0. The highest BCUT2D eigenvalue weighted by Gasteiger charge is 2.30. The number of nitrogens with zero attached hydrogens (tertiary/aromatic N) is 3. The Bertz CT molecular complexity index is 995. The predicted octanol–water partition coefficient (Wildman–Crippen LogP) is 3.81. The summed E-state index contributed by atoms with van der Waals surface area (Å²) in [5.74, 6) is 0.647. The molecule has 0 radical (unpaired) electrons. The van der Waals surface area contributed by atoms with E-state index in [-0.39, 0.29) is 5.91 Å². The average molecular weight is 359 g/mol. The van der Waals surface area contributed by atoms with Crippen molar-refractivity contribution < 1.29 is 9.21 Å². The van der Waals surface area contributed by atoms with E-state index >= 15 is 0 Å². The molecule has 1 aliphatic carbocycles. The van der Waals surface area contributed by atoms with Gasteiger partial charge in [-0.15, -0.1) is 0 Å². The van der Waals surface area contributed by atoms with Crippen molar-refractivity contribution >= 4 is 5.91 Å². The van der Waals surface area contributed by atoms with E-state index in [1.165, 1.54) is 24.1 Å². The first-order chi connectivity index (χ1) is 13.3. The van der Waals surface area contributed by atoms with Gasteiger partial charge in [0.25, 0.3) is 5.91 Å². The van der Waals surface area contributed by atoms with Crippen molar-refractivity contribution in [2.24, 2.45) is 0 Å². The summed E-state index contributed by atoms with van der Waals surface area (Å²) in [6, 6.07) is 10.1. The van der Waals surface area contributed by atoms with Crippen molar-refractivity contribution in [1.29, 1.82) is 0 Å². The second-order valence-corrected chi connectivity index (χ2v) is 7.26. The van der Waals surface area contributed by atoms with Gasteiger partial charge in [-0.25, -0.2) is 4.98 Å². The van der Waals surface area contributed by atoms with Gasteiger partial charge in [0.15, 0.2) is 0 Å². The summed E-state index contributed by atoms with van der Waals surface area (Å²) in [5.41, 5.74) is 6.38. The number of fused-ring (bicyclic) bond motifs is 2. The summed E-state index contributed by atoms with van der Waals surface area (Å²) in [4.78, 5) is 23.8. The van der Waals surface area contributed by atoms with Crippen LogP contribution < -0.4 is 0 Å². The van der Waals surface area contributed by atoms with Crippen LogP contribution in [0.25, 0.3) is 11.5 Å². The average Bonchev–Trinajstić information content (AvgIpc) is 3.35. The van der Waals surface area contributed by atoms with Gasteiger partial charge in [0.05, 0.1) is 6.20 Å². The van der Waals surface area contributed by atoms with Crippen molar-refractivity contribution in [3.63, 3.8) is 0 Å². The van der Waals surface area contributed by atoms with Crippen LogP contribution in [0.3, 0.4) is 0 Å². The molecule has 5 nitrogen and oxygen atoms in total. The second kappa shape index (κ2) is 6.65. The Labute approximate surface area is 158 Å². The van der Waals surface area contributed by atoms with Crippen LogP contribution in [0.4, 0.5) is 0 Å². The Morgan fingerprint density at radius 3 is 2.85 bits per heavy atom. The van der Waals surface area contributed by atoms with Gasteiger partial charge >= 0.3 is 0 Å². The summed E-state index contributed by atoms with van der Waals surface area (Å²) in [7, 11) is 0. The van der Waals surface area contributed by atoms with E-state index in [1.54, 1.807) is 12.5 Å². The van der Waals surface area contributed by atoms with Crippen LogP contribution >= 0.6 is 0 Å². The van der Waals surface area contributed by atoms with Crippen molar-refractivity contribution in [3.8, 4) is 11.5 Å². The standard InChI is InChI=1S/C22H21N3O2/c26-22-18-6-3-5-17(21-23-11-13-27-21)19(18)14-25(22)12-10-16-9-8-15-4-1-2-7-20(15)24-16/h3,5-6,8-9,11,13H,1-2,4,7,10,12,14H2. The molecule has 2 aromatic heterocycles. The molecule has 1 aromatic carbocycles. The maximum atomic E-state index is 12.8. The Kier molecular flexibility index (Phi) is 4.00. The lowest BCUT2D eigenvalue weighted by Crippen LogP contribution is -2.26. The zero-order valence-electron chi connectivity index (χ0n) is 15.1. The number of rotatable bonds is 4. The van der Waals surface area contributed by atoms with Crippen molar-refractivity contribution in [1.82, 2.24) is 14.9 Å². The fraction of sp³-hybridized carbons (Fsp3) is 0.318. The molecule has 0 atom stereocenters. The fourth-order valence-electron chi connectivity index (χ4n) is 4.14. The smallest absolute Gasteiger partial charge is 0.254 e. The molecule has 2 aliphatic rings. The van der Waals surface area contributed by atoms with E-state index < -0.39 is 0 Å². The highest BCUT2D eigenvalue weighted by atomic mass is 16.3. The van der Waals surface area contributed by atoms with Crippen molar-refractivity contribution in [3.05, 3.63) is 70.9 Å². The van der Waals surface area contributed by atoms with E-state index in [2.05, 4.69) is 17.1 Å². The molecule has 5 heteroatoms. The molecule has 0 unspecified atom stereocenters. The molecule has 3 aromatic rings. The van der Waals surface area contributed by atoms with Gasteiger partial charge in [0.2, 0.25) is 5.89 Å².